The molecule has 0 saturated heterocycles. The van der Waals surface area contributed by atoms with Gasteiger partial charge in [0.05, 0.1) is 0 Å². The van der Waals surface area contributed by atoms with Crippen molar-refractivity contribution < 1.29 is 4.74 Å². The smallest absolute Gasteiger partial charge is 0.119 e. The monoisotopic (exact) mass is 304 g/mol. The van der Waals surface area contributed by atoms with Gasteiger partial charge in [-0.15, -0.1) is 0 Å². The predicted octanol–water partition coefficient (Wildman–Crippen LogP) is 5.11. The third kappa shape index (κ3) is 3.61. The molecule has 18 heavy (non-hydrogen) atoms. The second-order valence-corrected chi connectivity index (χ2v) is 5.32. The second-order valence-electron chi connectivity index (χ2n) is 4.22. The summed E-state index contributed by atoms with van der Waals surface area (Å²) in [5, 5.41) is 0. The maximum atomic E-state index is 5.75. The van der Waals surface area contributed by atoms with E-state index in [1.54, 1.807) is 0 Å². The van der Waals surface area contributed by atoms with Crippen molar-refractivity contribution in [1.29, 1.82) is 0 Å². The minimum absolute atomic E-state index is 0.431. The summed E-state index contributed by atoms with van der Waals surface area (Å²) in [6.45, 7) is 2.78. The fourth-order valence-corrected chi connectivity index (χ4v) is 2.05. The van der Waals surface area contributed by atoms with Gasteiger partial charge < -0.3 is 4.74 Å². The Balaban J connectivity index is 1.94. The first-order valence-electron chi connectivity index (χ1n) is 6.20. The van der Waals surface area contributed by atoms with Crippen LogP contribution in [-0.2, 0) is 6.61 Å². The number of ether oxygens (including phenoxy) is 1. The average Bonchev–Trinajstić information content (AvgIpc) is 2.46. The van der Waals surface area contributed by atoms with Crippen molar-refractivity contribution in [2.24, 2.45) is 0 Å². The Morgan fingerprint density at radius 3 is 2.28 bits per heavy atom. The average molecular weight is 305 g/mol. The van der Waals surface area contributed by atoms with Crippen LogP contribution in [0.3, 0.4) is 0 Å². The molecule has 2 aromatic carbocycles. The Morgan fingerprint density at radius 1 is 1.00 bits per heavy atom. The van der Waals surface area contributed by atoms with Crippen molar-refractivity contribution >= 4 is 15.9 Å². The topological polar surface area (TPSA) is 9.23 Å². The van der Waals surface area contributed by atoms with Crippen LogP contribution in [0.25, 0.3) is 0 Å². The standard InChI is InChI=1S/C16H17BrO/c1-2-16(17)14-8-10-15(11-9-14)18-12-13-6-4-3-5-7-13/h3-11,16H,2,12H2,1H3. The fourth-order valence-electron chi connectivity index (χ4n) is 1.75. The first kappa shape index (κ1) is 13.2. The summed E-state index contributed by atoms with van der Waals surface area (Å²) in [7, 11) is 0. The van der Waals surface area contributed by atoms with E-state index in [1.165, 1.54) is 11.1 Å². The van der Waals surface area contributed by atoms with Crippen LogP contribution in [0, 0.1) is 0 Å². The van der Waals surface area contributed by atoms with E-state index in [2.05, 4.69) is 47.1 Å². The van der Waals surface area contributed by atoms with E-state index in [9.17, 15) is 0 Å². The number of hydrogen-bond donors (Lipinski definition) is 0. The molecule has 2 aromatic rings. The Morgan fingerprint density at radius 2 is 1.67 bits per heavy atom. The van der Waals surface area contributed by atoms with Crippen LogP contribution < -0.4 is 4.74 Å². The van der Waals surface area contributed by atoms with E-state index >= 15 is 0 Å². The van der Waals surface area contributed by atoms with Gasteiger partial charge in [0.15, 0.2) is 0 Å². The Kier molecular flexibility index (Phi) is 4.82. The summed E-state index contributed by atoms with van der Waals surface area (Å²) < 4.78 is 5.75. The number of alkyl halides is 1. The minimum atomic E-state index is 0.431. The van der Waals surface area contributed by atoms with Gasteiger partial charge >= 0.3 is 0 Å². The van der Waals surface area contributed by atoms with Crippen molar-refractivity contribution in [2.45, 2.75) is 24.8 Å². The van der Waals surface area contributed by atoms with E-state index in [-0.39, 0.29) is 0 Å². The molecule has 0 aromatic heterocycles. The predicted molar refractivity (Wildman–Crippen MR) is 79.2 cm³/mol. The lowest BCUT2D eigenvalue weighted by Gasteiger charge is -2.09. The van der Waals surface area contributed by atoms with Gasteiger partial charge in [-0.05, 0) is 29.7 Å². The third-order valence-corrected chi connectivity index (χ3v) is 4.02. The zero-order chi connectivity index (χ0) is 12.8. The largest absolute Gasteiger partial charge is 0.489 e. The van der Waals surface area contributed by atoms with E-state index in [4.69, 9.17) is 4.74 Å². The van der Waals surface area contributed by atoms with E-state index in [0.717, 1.165) is 12.2 Å². The molecule has 1 unspecified atom stereocenters. The van der Waals surface area contributed by atoms with Crippen molar-refractivity contribution in [2.75, 3.05) is 0 Å². The molecule has 0 aliphatic carbocycles. The maximum absolute atomic E-state index is 5.75. The van der Waals surface area contributed by atoms with Crippen molar-refractivity contribution in [3.63, 3.8) is 0 Å². The highest BCUT2D eigenvalue weighted by Gasteiger charge is 2.04. The van der Waals surface area contributed by atoms with Gasteiger partial charge in [-0.25, -0.2) is 0 Å². The highest BCUT2D eigenvalue weighted by atomic mass is 79.9. The Labute approximate surface area is 117 Å². The highest BCUT2D eigenvalue weighted by Crippen LogP contribution is 2.27. The number of hydrogen-bond acceptors (Lipinski definition) is 1. The van der Waals surface area contributed by atoms with Gasteiger partial charge in [0.25, 0.3) is 0 Å². The zero-order valence-corrected chi connectivity index (χ0v) is 12.1. The van der Waals surface area contributed by atoms with Gasteiger partial charge in [-0.2, -0.15) is 0 Å². The second kappa shape index (κ2) is 6.60. The van der Waals surface area contributed by atoms with Crippen LogP contribution in [0.4, 0.5) is 0 Å². The summed E-state index contributed by atoms with van der Waals surface area (Å²) in [5.74, 6) is 0.915. The van der Waals surface area contributed by atoms with Crippen molar-refractivity contribution in [1.82, 2.24) is 0 Å². The molecule has 0 aliphatic heterocycles. The van der Waals surface area contributed by atoms with Crippen LogP contribution >= 0.6 is 15.9 Å². The Bertz CT molecular complexity index is 464. The maximum Gasteiger partial charge on any atom is 0.119 e. The SMILES string of the molecule is CCC(Br)c1ccc(OCc2ccccc2)cc1. The quantitative estimate of drug-likeness (QED) is 0.697. The molecule has 0 saturated carbocycles. The molecule has 94 valence electrons. The molecule has 2 heteroatoms. The molecule has 0 spiro atoms. The summed E-state index contributed by atoms with van der Waals surface area (Å²) in [5.41, 5.74) is 2.48. The van der Waals surface area contributed by atoms with E-state index in [0.29, 0.717) is 11.4 Å². The summed E-state index contributed by atoms with van der Waals surface area (Å²) in [6.07, 6.45) is 1.09. The molecular formula is C16H17BrO. The molecular weight excluding hydrogens is 288 g/mol. The van der Waals surface area contributed by atoms with Crippen molar-refractivity contribution in [3.8, 4) is 5.75 Å². The first-order chi connectivity index (χ1) is 8.79. The van der Waals surface area contributed by atoms with E-state index in [1.807, 2.05) is 30.3 Å². The number of halogens is 1. The van der Waals surface area contributed by atoms with Crippen molar-refractivity contribution in [3.05, 3.63) is 65.7 Å². The molecule has 1 atom stereocenters. The molecule has 2 rings (SSSR count). The van der Waals surface area contributed by atoms with Crippen LogP contribution in [-0.4, -0.2) is 0 Å². The third-order valence-electron chi connectivity index (χ3n) is 2.85. The molecule has 0 N–H and O–H groups in total. The van der Waals surface area contributed by atoms with Crippen LogP contribution in [0.1, 0.15) is 29.3 Å². The van der Waals surface area contributed by atoms with Gasteiger partial charge in [0, 0.05) is 4.83 Å². The number of rotatable bonds is 5. The molecule has 0 amide bonds. The molecule has 0 fully saturated rings. The van der Waals surface area contributed by atoms with Gasteiger partial charge in [-0.3, -0.25) is 0 Å². The van der Waals surface area contributed by atoms with Crippen LogP contribution in [0.15, 0.2) is 54.6 Å². The number of benzene rings is 2. The Hall–Kier alpha value is -1.28. The minimum Gasteiger partial charge on any atom is -0.489 e. The highest BCUT2D eigenvalue weighted by molar-refractivity contribution is 9.09. The molecule has 0 aliphatic rings. The first-order valence-corrected chi connectivity index (χ1v) is 7.12. The molecule has 0 heterocycles. The van der Waals surface area contributed by atoms with Gasteiger partial charge in [0.1, 0.15) is 12.4 Å². The van der Waals surface area contributed by atoms with Crippen LogP contribution in [0.2, 0.25) is 0 Å². The molecule has 0 bridgehead atoms. The zero-order valence-electron chi connectivity index (χ0n) is 10.5. The molecule has 1 nitrogen and oxygen atoms in total. The summed E-state index contributed by atoms with van der Waals surface area (Å²) in [4.78, 5) is 0.431. The van der Waals surface area contributed by atoms with Gasteiger partial charge in [0.2, 0.25) is 0 Å². The van der Waals surface area contributed by atoms with Crippen LogP contribution in [0.5, 0.6) is 5.75 Å². The lowest BCUT2D eigenvalue weighted by Crippen LogP contribution is -1.95. The fraction of sp³-hybridized carbons (Fsp3) is 0.250. The van der Waals surface area contributed by atoms with Gasteiger partial charge in [-0.1, -0.05) is 65.3 Å². The van der Waals surface area contributed by atoms with E-state index < -0.39 is 0 Å². The lowest BCUT2D eigenvalue weighted by atomic mass is 10.1. The summed E-state index contributed by atoms with van der Waals surface area (Å²) in [6, 6.07) is 18.5. The normalized spacial score (nSPS) is 12.1. The molecule has 0 radical (unpaired) electrons. The summed E-state index contributed by atoms with van der Waals surface area (Å²) >= 11 is 3.64. The lowest BCUT2D eigenvalue weighted by molar-refractivity contribution is 0.306.